The van der Waals surface area contributed by atoms with Crippen molar-refractivity contribution < 1.29 is 8.95 Å². The number of nitrogens with two attached hydrogens (primary N) is 1. The Labute approximate surface area is 170 Å². The Hall–Kier alpha value is -1.88. The van der Waals surface area contributed by atoms with E-state index in [1.165, 1.54) is 0 Å². The van der Waals surface area contributed by atoms with Crippen LogP contribution in [-0.2, 0) is 15.3 Å². The predicted octanol–water partition coefficient (Wildman–Crippen LogP) is 4.92. The Morgan fingerprint density at radius 2 is 1.67 bits per heavy atom. The smallest absolute Gasteiger partial charge is 0.143 e. The van der Waals surface area contributed by atoms with Crippen LogP contribution in [0.3, 0.4) is 0 Å². The van der Waals surface area contributed by atoms with Crippen molar-refractivity contribution in [3.8, 4) is 5.75 Å². The fourth-order valence-electron chi connectivity index (χ4n) is 2.95. The van der Waals surface area contributed by atoms with Crippen LogP contribution in [-0.4, -0.2) is 27.9 Å². The third-order valence-electron chi connectivity index (χ3n) is 4.33. The number of benzene rings is 3. The predicted molar refractivity (Wildman–Crippen MR) is 118 cm³/mol. The van der Waals surface area contributed by atoms with Gasteiger partial charge in [-0.05, 0) is 34.3 Å². The Balaban J connectivity index is 1.97. The lowest BCUT2D eigenvalue weighted by molar-refractivity contribution is 0.250. The van der Waals surface area contributed by atoms with E-state index < -0.39 is 9.52 Å². The standard InChI is InChI=1S/C21H21Cl2NO2S/c1-27(25,20-11-5-7-15-6-2-3-9-18(15)20)14-16-8-4-10-19(21(16)24)26-17(12-22)13-23/h2-11,17H,1,12-14,24H2. The van der Waals surface area contributed by atoms with Gasteiger partial charge in [0.2, 0.25) is 0 Å². The topological polar surface area (TPSA) is 52.3 Å². The molecule has 0 amide bonds. The zero-order valence-corrected chi connectivity index (χ0v) is 17.1. The molecule has 0 spiro atoms. The van der Waals surface area contributed by atoms with Crippen molar-refractivity contribution in [1.82, 2.24) is 0 Å². The number of fused-ring (bicyclic) bond motifs is 1. The van der Waals surface area contributed by atoms with Crippen LogP contribution in [0.25, 0.3) is 10.8 Å². The van der Waals surface area contributed by atoms with Crippen molar-refractivity contribution in [3.05, 3.63) is 66.2 Å². The van der Waals surface area contributed by atoms with Gasteiger partial charge in [-0.1, -0.05) is 48.5 Å². The van der Waals surface area contributed by atoms with Crippen LogP contribution in [0.2, 0.25) is 0 Å². The molecule has 0 fully saturated rings. The summed E-state index contributed by atoms with van der Waals surface area (Å²) in [6, 6.07) is 19.0. The van der Waals surface area contributed by atoms with Crippen LogP contribution in [0.1, 0.15) is 5.56 Å². The van der Waals surface area contributed by atoms with Gasteiger partial charge in [0.15, 0.2) is 0 Å². The third kappa shape index (κ3) is 4.34. The minimum atomic E-state index is -2.61. The summed E-state index contributed by atoms with van der Waals surface area (Å²) in [6.07, 6.45) is -0.340. The van der Waals surface area contributed by atoms with Crippen LogP contribution >= 0.6 is 23.2 Å². The van der Waals surface area contributed by atoms with E-state index in [9.17, 15) is 4.21 Å². The molecule has 0 heterocycles. The molecule has 6 heteroatoms. The van der Waals surface area contributed by atoms with Gasteiger partial charge in [0.25, 0.3) is 0 Å². The highest BCUT2D eigenvalue weighted by Crippen LogP contribution is 2.31. The average Bonchev–Trinajstić information content (AvgIpc) is 2.68. The van der Waals surface area contributed by atoms with Crippen LogP contribution in [0.4, 0.5) is 5.69 Å². The lowest BCUT2D eigenvalue weighted by atomic mass is 10.1. The maximum atomic E-state index is 13.5. The first-order valence-electron chi connectivity index (χ1n) is 8.45. The van der Waals surface area contributed by atoms with E-state index >= 15 is 0 Å². The second-order valence-electron chi connectivity index (χ2n) is 6.31. The largest absolute Gasteiger partial charge is 0.486 e. The number of ether oxygens (including phenoxy) is 1. The maximum absolute atomic E-state index is 13.5. The monoisotopic (exact) mass is 421 g/mol. The van der Waals surface area contributed by atoms with E-state index in [0.29, 0.717) is 11.4 Å². The molecule has 0 aliphatic heterocycles. The summed E-state index contributed by atoms with van der Waals surface area (Å²) in [5.74, 6) is 5.27. The number of anilines is 1. The normalized spacial score (nSPS) is 13.6. The Bertz CT molecular complexity index is 1040. The van der Waals surface area contributed by atoms with Crippen molar-refractivity contribution in [2.24, 2.45) is 0 Å². The van der Waals surface area contributed by atoms with Crippen molar-refractivity contribution in [1.29, 1.82) is 0 Å². The molecule has 3 aromatic rings. The SMILES string of the molecule is C=S(=O)(Cc1cccc(OC(CCl)CCl)c1N)c1cccc2ccccc12. The summed E-state index contributed by atoms with van der Waals surface area (Å²) in [7, 11) is -2.61. The minimum Gasteiger partial charge on any atom is -0.486 e. The van der Waals surface area contributed by atoms with Crippen LogP contribution in [0, 0.1) is 0 Å². The van der Waals surface area contributed by atoms with Crippen LogP contribution in [0.15, 0.2) is 65.6 Å². The molecule has 3 nitrogen and oxygen atoms in total. The van der Waals surface area contributed by atoms with Gasteiger partial charge in [0.1, 0.15) is 11.9 Å². The van der Waals surface area contributed by atoms with E-state index in [2.05, 4.69) is 5.87 Å². The molecule has 27 heavy (non-hydrogen) atoms. The molecule has 2 N–H and O–H groups in total. The third-order valence-corrected chi connectivity index (χ3v) is 6.96. The van der Waals surface area contributed by atoms with Crippen LogP contribution in [0.5, 0.6) is 5.75 Å². The highest BCUT2D eigenvalue weighted by molar-refractivity contribution is 7.99. The zero-order valence-electron chi connectivity index (χ0n) is 14.7. The summed E-state index contributed by atoms with van der Waals surface area (Å²) < 4.78 is 19.3. The lowest BCUT2D eigenvalue weighted by Gasteiger charge is -2.18. The van der Waals surface area contributed by atoms with E-state index in [1.54, 1.807) is 6.07 Å². The van der Waals surface area contributed by atoms with Crippen LogP contribution < -0.4 is 10.5 Å². The number of hydrogen-bond acceptors (Lipinski definition) is 3. The van der Waals surface area contributed by atoms with E-state index in [-0.39, 0.29) is 23.6 Å². The molecular weight excluding hydrogens is 401 g/mol. The lowest BCUT2D eigenvalue weighted by Crippen LogP contribution is -2.21. The molecule has 0 radical (unpaired) electrons. The van der Waals surface area contributed by atoms with Gasteiger partial charge in [0, 0.05) is 20.2 Å². The van der Waals surface area contributed by atoms with Crippen molar-refractivity contribution in [3.63, 3.8) is 0 Å². The summed E-state index contributed by atoms with van der Waals surface area (Å²) in [6.45, 7) is 0. The minimum absolute atomic E-state index is 0.219. The average molecular weight is 422 g/mol. The Kier molecular flexibility index (Phi) is 6.20. The molecule has 0 saturated heterocycles. The maximum Gasteiger partial charge on any atom is 0.143 e. The number of nitrogen functional groups attached to an aromatic ring is 1. The fraction of sp³-hybridized carbons (Fsp3) is 0.190. The van der Waals surface area contributed by atoms with Crippen molar-refractivity contribution >= 4 is 55.1 Å². The molecule has 142 valence electrons. The first-order valence-corrected chi connectivity index (χ1v) is 11.4. The molecule has 0 bridgehead atoms. The van der Waals surface area contributed by atoms with Crippen molar-refractivity contribution in [2.75, 3.05) is 17.5 Å². The van der Waals surface area contributed by atoms with Gasteiger partial charge in [-0.2, -0.15) is 0 Å². The summed E-state index contributed by atoms with van der Waals surface area (Å²) in [4.78, 5) is 0.728. The molecule has 0 aliphatic carbocycles. The second-order valence-corrected chi connectivity index (χ2v) is 9.28. The molecular formula is C21H21Cl2NO2S. The number of rotatable bonds is 7. The van der Waals surface area contributed by atoms with E-state index in [0.717, 1.165) is 21.2 Å². The molecule has 0 saturated carbocycles. The second kappa shape index (κ2) is 8.42. The molecule has 0 aliphatic rings. The van der Waals surface area contributed by atoms with E-state index in [4.69, 9.17) is 33.7 Å². The highest BCUT2D eigenvalue weighted by Gasteiger charge is 2.17. The zero-order chi connectivity index (χ0) is 19.4. The number of alkyl halides is 2. The number of hydrogen-bond donors (Lipinski definition) is 1. The fourth-order valence-corrected chi connectivity index (χ4v) is 5.23. The molecule has 1 unspecified atom stereocenters. The first-order chi connectivity index (χ1) is 13.0. The molecule has 0 aromatic heterocycles. The summed E-state index contributed by atoms with van der Waals surface area (Å²) in [5, 5.41) is 1.97. The van der Waals surface area contributed by atoms with Gasteiger partial charge in [0.05, 0.1) is 17.4 Å². The van der Waals surface area contributed by atoms with Crippen molar-refractivity contribution in [2.45, 2.75) is 16.8 Å². The number of halogens is 2. The quantitative estimate of drug-likeness (QED) is 0.334. The summed E-state index contributed by atoms with van der Waals surface area (Å²) in [5.41, 5.74) is 7.44. The molecule has 3 rings (SSSR count). The molecule has 3 aromatic carbocycles. The Morgan fingerprint density at radius 3 is 2.41 bits per heavy atom. The van der Waals surface area contributed by atoms with Gasteiger partial charge in [-0.15, -0.1) is 23.2 Å². The van der Waals surface area contributed by atoms with Gasteiger partial charge in [-0.25, -0.2) is 0 Å². The van der Waals surface area contributed by atoms with Gasteiger partial charge >= 0.3 is 0 Å². The first kappa shape index (κ1) is 19.9. The highest BCUT2D eigenvalue weighted by atomic mass is 35.5. The Morgan fingerprint density at radius 1 is 1.00 bits per heavy atom. The molecule has 1 atom stereocenters. The number of para-hydroxylation sites is 1. The van der Waals surface area contributed by atoms with Gasteiger partial charge in [-0.3, -0.25) is 4.21 Å². The van der Waals surface area contributed by atoms with E-state index in [1.807, 2.05) is 54.6 Å². The summed E-state index contributed by atoms with van der Waals surface area (Å²) >= 11 is 11.7. The van der Waals surface area contributed by atoms with Gasteiger partial charge < -0.3 is 10.5 Å².